The van der Waals surface area contributed by atoms with Gasteiger partial charge in [-0.1, -0.05) is 12.1 Å². The van der Waals surface area contributed by atoms with E-state index in [2.05, 4.69) is 35.1 Å². The summed E-state index contributed by atoms with van der Waals surface area (Å²) in [6.07, 6.45) is 3.71. The minimum Gasteiger partial charge on any atom is -0.390 e. The molecule has 31 heavy (non-hydrogen) atoms. The van der Waals surface area contributed by atoms with E-state index in [4.69, 9.17) is 14.7 Å². The third kappa shape index (κ3) is 3.49. The van der Waals surface area contributed by atoms with Crippen LogP contribution in [0.5, 0.6) is 0 Å². The lowest BCUT2D eigenvalue weighted by atomic mass is 9.77. The summed E-state index contributed by atoms with van der Waals surface area (Å²) in [7, 11) is 1.96. The molecule has 1 aromatic carbocycles. The second-order valence-corrected chi connectivity index (χ2v) is 9.34. The number of hydrogen-bond donors (Lipinski definition) is 1. The molecular weight excluding hydrogens is 390 g/mol. The maximum absolute atomic E-state index is 10.1. The van der Waals surface area contributed by atoms with E-state index in [9.17, 15) is 5.11 Å². The van der Waals surface area contributed by atoms with Crippen LogP contribution in [0.1, 0.15) is 43.3 Å². The van der Waals surface area contributed by atoms with E-state index in [0.717, 1.165) is 78.3 Å². The number of ether oxygens (including phenoxy) is 1. The van der Waals surface area contributed by atoms with Crippen LogP contribution in [-0.4, -0.2) is 50.7 Å². The number of aryl methyl sites for hydroxylation is 3. The Hall–Kier alpha value is -2.51. The molecule has 0 unspecified atom stereocenters. The van der Waals surface area contributed by atoms with Gasteiger partial charge in [0.15, 0.2) is 5.82 Å². The Morgan fingerprint density at radius 2 is 1.94 bits per heavy atom. The predicted octanol–water partition coefficient (Wildman–Crippen LogP) is 3.53. The normalized spacial score (nSPS) is 20.8. The topological polar surface area (TPSA) is 76.3 Å². The Bertz CT molecular complexity index is 1130. The standard InChI is InChI=1S/C24H31N5O2/c1-15-12-24(14-31-15)7-9-29(10-8-24)23-20(13-30)26-22(17(3)25-23)18-5-6-19-16(2)27-28(4)21(19)11-18/h5-6,11,15,30H,7-10,12-14H2,1-4H3/t15-/m0/s1. The number of nitrogens with zero attached hydrogens (tertiary/aromatic N) is 5. The van der Waals surface area contributed by atoms with Crippen molar-refractivity contribution in [1.82, 2.24) is 19.7 Å². The number of piperidine rings is 1. The molecule has 3 aromatic rings. The molecule has 1 N–H and O–H groups in total. The first kappa shape index (κ1) is 20.4. The highest BCUT2D eigenvalue weighted by molar-refractivity contribution is 5.86. The average molecular weight is 422 g/mol. The number of aromatic nitrogens is 4. The second-order valence-electron chi connectivity index (χ2n) is 9.34. The molecule has 1 spiro atoms. The van der Waals surface area contributed by atoms with E-state index in [1.54, 1.807) is 0 Å². The van der Waals surface area contributed by atoms with E-state index < -0.39 is 0 Å². The molecule has 2 saturated heterocycles. The zero-order chi connectivity index (χ0) is 21.8. The van der Waals surface area contributed by atoms with Crippen LogP contribution in [0.25, 0.3) is 22.2 Å². The van der Waals surface area contributed by atoms with E-state index in [1.165, 1.54) is 0 Å². The monoisotopic (exact) mass is 421 g/mol. The molecule has 4 heterocycles. The summed E-state index contributed by atoms with van der Waals surface area (Å²) in [4.78, 5) is 12.1. The van der Waals surface area contributed by atoms with Crippen LogP contribution in [0.15, 0.2) is 18.2 Å². The molecule has 0 saturated carbocycles. The Morgan fingerprint density at radius 3 is 2.61 bits per heavy atom. The van der Waals surface area contributed by atoms with Crippen molar-refractivity contribution in [3.8, 4) is 11.3 Å². The number of benzene rings is 1. The Labute approximate surface area is 183 Å². The highest BCUT2D eigenvalue weighted by Crippen LogP contribution is 2.43. The quantitative estimate of drug-likeness (QED) is 0.697. The van der Waals surface area contributed by atoms with Crippen LogP contribution in [0.3, 0.4) is 0 Å². The third-order valence-electron chi connectivity index (χ3n) is 7.10. The highest BCUT2D eigenvalue weighted by Gasteiger charge is 2.41. The lowest BCUT2D eigenvalue weighted by molar-refractivity contribution is 0.0975. The van der Waals surface area contributed by atoms with E-state index in [1.807, 2.05) is 25.6 Å². The van der Waals surface area contributed by atoms with Gasteiger partial charge >= 0.3 is 0 Å². The van der Waals surface area contributed by atoms with Gasteiger partial charge in [0.1, 0.15) is 5.69 Å². The molecule has 1 atom stereocenters. The van der Waals surface area contributed by atoms with Crippen molar-refractivity contribution in [1.29, 1.82) is 0 Å². The first-order chi connectivity index (χ1) is 14.9. The van der Waals surface area contributed by atoms with E-state index >= 15 is 0 Å². The van der Waals surface area contributed by atoms with Crippen LogP contribution in [-0.2, 0) is 18.4 Å². The summed E-state index contributed by atoms with van der Waals surface area (Å²) in [5.41, 5.74) is 5.74. The van der Waals surface area contributed by atoms with Gasteiger partial charge in [-0.05, 0) is 51.5 Å². The van der Waals surface area contributed by atoms with Crippen molar-refractivity contribution in [2.24, 2.45) is 12.5 Å². The fourth-order valence-corrected chi connectivity index (χ4v) is 5.35. The van der Waals surface area contributed by atoms with Crippen molar-refractivity contribution < 1.29 is 9.84 Å². The van der Waals surface area contributed by atoms with Crippen molar-refractivity contribution in [2.75, 3.05) is 24.6 Å². The highest BCUT2D eigenvalue weighted by atomic mass is 16.5. The SMILES string of the molecule is Cc1nc(N2CCC3(CC2)CO[C@@H](C)C3)c(CO)nc1-c1ccc2c(C)nn(C)c2c1. The van der Waals surface area contributed by atoms with E-state index in [-0.39, 0.29) is 6.61 Å². The first-order valence-corrected chi connectivity index (χ1v) is 11.2. The first-order valence-electron chi connectivity index (χ1n) is 11.2. The largest absolute Gasteiger partial charge is 0.390 e. The van der Waals surface area contributed by atoms with Crippen LogP contribution in [0.4, 0.5) is 5.82 Å². The molecule has 2 aromatic heterocycles. The minimum atomic E-state index is -0.121. The predicted molar refractivity (Wildman–Crippen MR) is 121 cm³/mol. The second kappa shape index (κ2) is 7.57. The van der Waals surface area contributed by atoms with Gasteiger partial charge in [-0.25, -0.2) is 9.97 Å². The van der Waals surface area contributed by atoms with E-state index in [0.29, 0.717) is 17.2 Å². The molecule has 7 heteroatoms. The summed E-state index contributed by atoms with van der Waals surface area (Å²) in [6, 6.07) is 6.27. The Balaban J connectivity index is 1.45. The Morgan fingerprint density at radius 1 is 1.16 bits per heavy atom. The van der Waals surface area contributed by atoms with Crippen molar-refractivity contribution in [3.63, 3.8) is 0 Å². The molecule has 2 aliphatic heterocycles. The minimum absolute atomic E-state index is 0.121. The fourth-order valence-electron chi connectivity index (χ4n) is 5.35. The van der Waals surface area contributed by atoms with Gasteiger partial charge in [-0.3, -0.25) is 4.68 Å². The summed E-state index contributed by atoms with van der Waals surface area (Å²) in [5.74, 6) is 0.822. The lowest BCUT2D eigenvalue weighted by Gasteiger charge is -2.39. The number of aliphatic hydroxyl groups excluding tert-OH is 1. The summed E-state index contributed by atoms with van der Waals surface area (Å²) in [6.45, 7) is 8.80. The lowest BCUT2D eigenvalue weighted by Crippen LogP contribution is -2.41. The van der Waals surface area contributed by atoms with Gasteiger partial charge in [0, 0.05) is 31.1 Å². The summed E-state index contributed by atoms with van der Waals surface area (Å²) in [5, 5.41) is 15.8. The molecular formula is C24H31N5O2. The molecule has 5 rings (SSSR count). The van der Waals surface area contributed by atoms with Crippen LogP contribution in [0, 0.1) is 19.3 Å². The molecule has 7 nitrogen and oxygen atoms in total. The number of aliphatic hydroxyl groups is 1. The Kier molecular flexibility index (Phi) is 4.98. The average Bonchev–Trinajstić information content (AvgIpc) is 3.27. The fraction of sp³-hybridized carbons (Fsp3) is 0.542. The van der Waals surface area contributed by atoms with Crippen LogP contribution >= 0.6 is 0 Å². The van der Waals surface area contributed by atoms with Gasteiger partial charge in [-0.15, -0.1) is 0 Å². The molecule has 0 radical (unpaired) electrons. The van der Waals surface area contributed by atoms with Gasteiger partial charge in [0.2, 0.25) is 0 Å². The smallest absolute Gasteiger partial charge is 0.153 e. The van der Waals surface area contributed by atoms with Gasteiger partial charge in [0.25, 0.3) is 0 Å². The maximum atomic E-state index is 10.1. The van der Waals surface area contributed by atoms with Crippen LogP contribution in [0.2, 0.25) is 0 Å². The van der Waals surface area contributed by atoms with Gasteiger partial charge in [-0.2, -0.15) is 5.10 Å². The molecule has 0 aliphatic carbocycles. The zero-order valence-electron chi connectivity index (χ0n) is 18.9. The van der Waals surface area contributed by atoms with Crippen molar-refractivity contribution >= 4 is 16.7 Å². The van der Waals surface area contributed by atoms with Crippen molar-refractivity contribution in [2.45, 2.75) is 52.7 Å². The molecule has 0 bridgehead atoms. The van der Waals surface area contributed by atoms with Gasteiger partial charge in [0.05, 0.1) is 41.9 Å². The zero-order valence-corrected chi connectivity index (χ0v) is 18.9. The maximum Gasteiger partial charge on any atom is 0.153 e. The number of rotatable bonds is 3. The third-order valence-corrected chi connectivity index (χ3v) is 7.10. The number of anilines is 1. The van der Waals surface area contributed by atoms with Gasteiger partial charge < -0.3 is 14.7 Å². The number of hydrogen-bond acceptors (Lipinski definition) is 6. The molecule has 164 valence electrons. The number of fused-ring (bicyclic) bond motifs is 1. The molecule has 0 amide bonds. The molecule has 2 fully saturated rings. The summed E-state index contributed by atoms with van der Waals surface area (Å²) < 4.78 is 7.76. The van der Waals surface area contributed by atoms with Crippen molar-refractivity contribution in [3.05, 3.63) is 35.3 Å². The summed E-state index contributed by atoms with van der Waals surface area (Å²) >= 11 is 0. The van der Waals surface area contributed by atoms with Crippen LogP contribution < -0.4 is 4.90 Å². The molecule has 2 aliphatic rings.